The molecule has 4 heterocycles. The first-order valence-electron chi connectivity index (χ1n) is 9.42. The van der Waals surface area contributed by atoms with Crippen LogP contribution in [0.25, 0.3) is 0 Å². The van der Waals surface area contributed by atoms with Gasteiger partial charge in [-0.25, -0.2) is 19.9 Å². The number of aromatic amines is 1. The molecule has 7 heteroatoms. The number of nitrogens with one attached hydrogen (secondary N) is 2. The van der Waals surface area contributed by atoms with E-state index in [1.54, 1.807) is 12.4 Å². The molecule has 0 bridgehead atoms. The molecule has 0 amide bonds. The Labute approximate surface area is 159 Å². The van der Waals surface area contributed by atoms with Crippen molar-refractivity contribution < 1.29 is 0 Å². The summed E-state index contributed by atoms with van der Waals surface area (Å²) in [5.74, 6) is 3.90. The average Bonchev–Trinajstić information content (AvgIpc) is 3.16. The largest absolute Gasteiger partial charge is 0.348 e. The first-order valence-corrected chi connectivity index (χ1v) is 9.42. The highest BCUT2D eigenvalue weighted by molar-refractivity contribution is 5.55. The number of H-pyrrole nitrogens is 1. The lowest BCUT2D eigenvalue weighted by molar-refractivity contribution is 0.192. The van der Waals surface area contributed by atoms with Crippen molar-refractivity contribution in [2.75, 3.05) is 18.4 Å². The van der Waals surface area contributed by atoms with Crippen molar-refractivity contribution in [2.45, 2.75) is 39.2 Å². The van der Waals surface area contributed by atoms with E-state index < -0.39 is 0 Å². The Hall–Kier alpha value is -2.80. The molecule has 2 N–H and O–H groups in total. The summed E-state index contributed by atoms with van der Waals surface area (Å²) in [5.41, 5.74) is 2.07. The summed E-state index contributed by atoms with van der Waals surface area (Å²) in [7, 11) is 0. The topological polar surface area (TPSA) is 82.6 Å². The fraction of sp³-hybridized carbons (Fsp3) is 0.400. The van der Waals surface area contributed by atoms with Gasteiger partial charge in [-0.05, 0) is 44.9 Å². The Bertz CT molecular complexity index is 891. The molecule has 4 rings (SSSR count). The summed E-state index contributed by atoms with van der Waals surface area (Å²) in [6, 6.07) is 5.95. The molecule has 1 aliphatic heterocycles. The van der Waals surface area contributed by atoms with E-state index in [0.717, 1.165) is 67.0 Å². The molecule has 0 spiro atoms. The quantitative estimate of drug-likeness (QED) is 0.723. The van der Waals surface area contributed by atoms with Gasteiger partial charge in [0.05, 0.1) is 6.54 Å². The van der Waals surface area contributed by atoms with Gasteiger partial charge in [-0.15, -0.1) is 0 Å². The monoisotopic (exact) mass is 363 g/mol. The second-order valence-corrected chi connectivity index (χ2v) is 7.16. The third-order valence-electron chi connectivity index (χ3n) is 4.93. The standard InChI is InChI=1S/C20H25N7/c1-14-5-3-7-23-19(14)25-17-11-15(2)24-20(26-17)16-6-4-10-27(12-16)13-18-21-8-9-22-18/h3,5,7-9,11,16H,4,6,10,12-13H2,1-2H3,(H,21,22)(H,23,24,25,26)/t16-/m1/s1. The smallest absolute Gasteiger partial charge is 0.135 e. The Morgan fingerprint density at radius 2 is 2.15 bits per heavy atom. The van der Waals surface area contributed by atoms with Crippen LogP contribution in [-0.4, -0.2) is 42.9 Å². The summed E-state index contributed by atoms with van der Waals surface area (Å²) >= 11 is 0. The zero-order valence-electron chi connectivity index (χ0n) is 15.8. The number of anilines is 2. The molecule has 1 aliphatic rings. The van der Waals surface area contributed by atoms with Crippen LogP contribution in [0.4, 0.5) is 11.6 Å². The van der Waals surface area contributed by atoms with Crippen LogP contribution < -0.4 is 5.32 Å². The van der Waals surface area contributed by atoms with E-state index in [2.05, 4.69) is 25.2 Å². The lowest BCUT2D eigenvalue weighted by atomic mass is 9.97. The van der Waals surface area contributed by atoms with E-state index in [1.165, 1.54) is 0 Å². The van der Waals surface area contributed by atoms with Crippen molar-refractivity contribution in [3.63, 3.8) is 0 Å². The van der Waals surface area contributed by atoms with E-state index in [4.69, 9.17) is 9.97 Å². The van der Waals surface area contributed by atoms with Gasteiger partial charge in [0.1, 0.15) is 23.3 Å². The summed E-state index contributed by atoms with van der Waals surface area (Å²) in [5, 5.41) is 3.35. The van der Waals surface area contributed by atoms with Crippen molar-refractivity contribution in [1.29, 1.82) is 0 Å². The van der Waals surface area contributed by atoms with Crippen LogP contribution in [0.15, 0.2) is 36.8 Å². The molecule has 0 radical (unpaired) electrons. The number of likely N-dealkylation sites (tertiary alicyclic amines) is 1. The van der Waals surface area contributed by atoms with Gasteiger partial charge in [-0.1, -0.05) is 6.07 Å². The molecular weight excluding hydrogens is 338 g/mol. The SMILES string of the molecule is Cc1cc(Nc2ncccc2C)nc([C@@H]2CCCN(Cc3ncc[nH]3)C2)n1. The van der Waals surface area contributed by atoms with Gasteiger partial charge in [0.15, 0.2) is 0 Å². The molecule has 1 atom stereocenters. The molecular formula is C20H25N7. The van der Waals surface area contributed by atoms with E-state index in [1.807, 2.05) is 38.2 Å². The maximum Gasteiger partial charge on any atom is 0.135 e. The molecule has 27 heavy (non-hydrogen) atoms. The number of pyridine rings is 1. The summed E-state index contributed by atoms with van der Waals surface area (Å²) in [6.07, 6.45) is 7.72. The predicted molar refractivity (Wildman–Crippen MR) is 105 cm³/mol. The van der Waals surface area contributed by atoms with E-state index in [-0.39, 0.29) is 0 Å². The zero-order chi connectivity index (χ0) is 18.6. The number of nitrogens with zero attached hydrogens (tertiary/aromatic N) is 5. The fourth-order valence-electron chi connectivity index (χ4n) is 3.58. The van der Waals surface area contributed by atoms with Gasteiger partial charge >= 0.3 is 0 Å². The molecule has 1 saturated heterocycles. The van der Waals surface area contributed by atoms with Gasteiger partial charge in [0, 0.05) is 42.8 Å². The lowest BCUT2D eigenvalue weighted by Gasteiger charge is -2.31. The summed E-state index contributed by atoms with van der Waals surface area (Å²) in [4.78, 5) is 23.9. The normalized spacial score (nSPS) is 17.8. The molecule has 140 valence electrons. The second kappa shape index (κ2) is 7.84. The van der Waals surface area contributed by atoms with Crippen molar-refractivity contribution in [3.05, 3.63) is 59.7 Å². The third-order valence-corrected chi connectivity index (χ3v) is 4.93. The van der Waals surface area contributed by atoms with Gasteiger partial charge in [-0.2, -0.15) is 0 Å². The van der Waals surface area contributed by atoms with E-state index in [9.17, 15) is 0 Å². The Morgan fingerprint density at radius 3 is 2.96 bits per heavy atom. The number of aryl methyl sites for hydroxylation is 2. The van der Waals surface area contributed by atoms with Crippen LogP contribution in [0.2, 0.25) is 0 Å². The van der Waals surface area contributed by atoms with Crippen molar-refractivity contribution in [1.82, 2.24) is 29.8 Å². The predicted octanol–water partition coefficient (Wildman–Crippen LogP) is 3.33. The van der Waals surface area contributed by atoms with Crippen LogP contribution in [0.1, 0.15) is 41.7 Å². The van der Waals surface area contributed by atoms with E-state index in [0.29, 0.717) is 5.92 Å². The molecule has 0 aliphatic carbocycles. The molecule has 0 saturated carbocycles. The minimum absolute atomic E-state index is 0.332. The van der Waals surface area contributed by atoms with Crippen molar-refractivity contribution >= 4 is 11.6 Å². The molecule has 0 aromatic carbocycles. The number of piperidine rings is 1. The third kappa shape index (κ3) is 4.31. The number of hydrogen-bond donors (Lipinski definition) is 2. The Kier molecular flexibility index (Phi) is 5.11. The van der Waals surface area contributed by atoms with Crippen LogP contribution in [0.5, 0.6) is 0 Å². The van der Waals surface area contributed by atoms with E-state index >= 15 is 0 Å². The van der Waals surface area contributed by atoms with Crippen LogP contribution in [0.3, 0.4) is 0 Å². The second-order valence-electron chi connectivity index (χ2n) is 7.16. The molecule has 7 nitrogen and oxygen atoms in total. The molecule has 1 fully saturated rings. The van der Waals surface area contributed by atoms with Gasteiger partial charge in [0.2, 0.25) is 0 Å². The zero-order valence-corrected chi connectivity index (χ0v) is 15.8. The van der Waals surface area contributed by atoms with Crippen LogP contribution in [0, 0.1) is 13.8 Å². The minimum atomic E-state index is 0.332. The maximum atomic E-state index is 4.81. The van der Waals surface area contributed by atoms with Crippen molar-refractivity contribution in [2.24, 2.45) is 0 Å². The number of imidazole rings is 1. The Balaban J connectivity index is 1.51. The fourth-order valence-corrected chi connectivity index (χ4v) is 3.58. The summed E-state index contributed by atoms with van der Waals surface area (Å²) in [6.45, 7) is 6.93. The highest BCUT2D eigenvalue weighted by atomic mass is 15.2. The average molecular weight is 363 g/mol. The number of rotatable bonds is 5. The first kappa shape index (κ1) is 17.6. The van der Waals surface area contributed by atoms with Gasteiger partial charge < -0.3 is 10.3 Å². The van der Waals surface area contributed by atoms with Gasteiger partial charge in [0.25, 0.3) is 0 Å². The number of hydrogen-bond acceptors (Lipinski definition) is 6. The Morgan fingerprint density at radius 1 is 1.22 bits per heavy atom. The number of aromatic nitrogens is 5. The highest BCUT2D eigenvalue weighted by Crippen LogP contribution is 2.27. The molecule has 0 unspecified atom stereocenters. The minimum Gasteiger partial charge on any atom is -0.348 e. The molecule has 3 aromatic rings. The van der Waals surface area contributed by atoms with Gasteiger partial charge in [-0.3, -0.25) is 4.90 Å². The van der Waals surface area contributed by atoms with Crippen LogP contribution in [-0.2, 0) is 6.54 Å². The maximum absolute atomic E-state index is 4.81. The van der Waals surface area contributed by atoms with Crippen molar-refractivity contribution in [3.8, 4) is 0 Å². The lowest BCUT2D eigenvalue weighted by Crippen LogP contribution is -2.35. The highest BCUT2D eigenvalue weighted by Gasteiger charge is 2.24. The van der Waals surface area contributed by atoms with Crippen LogP contribution >= 0.6 is 0 Å². The first-order chi connectivity index (χ1) is 13.2. The summed E-state index contributed by atoms with van der Waals surface area (Å²) < 4.78 is 0. The molecule has 3 aromatic heterocycles.